The van der Waals surface area contributed by atoms with Crippen LogP contribution < -0.4 is 5.32 Å². The van der Waals surface area contributed by atoms with Crippen molar-refractivity contribution in [3.63, 3.8) is 0 Å². The highest BCUT2D eigenvalue weighted by Crippen LogP contribution is 2.38. The Balaban J connectivity index is 1.24. The third-order valence-electron chi connectivity index (χ3n) is 5.88. The lowest BCUT2D eigenvalue weighted by Crippen LogP contribution is -2.47. The number of thiophene rings is 1. The minimum Gasteiger partial charge on any atom is -0.370 e. The van der Waals surface area contributed by atoms with E-state index in [0.717, 1.165) is 30.6 Å². The van der Waals surface area contributed by atoms with Gasteiger partial charge in [-0.1, -0.05) is 18.2 Å². The molecular formula is C22H25FN2O3S. The van der Waals surface area contributed by atoms with E-state index in [1.54, 1.807) is 23.5 Å². The van der Waals surface area contributed by atoms with E-state index in [9.17, 15) is 14.0 Å². The molecule has 154 valence electrons. The number of carbonyl (C=O) groups excluding carboxylic acids is 2. The van der Waals surface area contributed by atoms with Gasteiger partial charge in [0.25, 0.3) is 5.91 Å². The summed E-state index contributed by atoms with van der Waals surface area (Å²) < 4.78 is 20.0. The smallest absolute Gasteiger partial charge is 0.254 e. The maximum Gasteiger partial charge on any atom is 0.254 e. The topological polar surface area (TPSA) is 58.6 Å². The standard InChI is InChI=1S/C22H25FN2O3S/c23-19-6-2-1-5-18(19)21(27)24-15-16-7-8-22(28-16)9-11-25(12-10-22)20(26)14-17-4-3-13-29-17/h1-6,13,16H,7-12,14-15H2,(H,24,27). The van der Waals surface area contributed by atoms with E-state index < -0.39 is 11.7 Å². The zero-order valence-electron chi connectivity index (χ0n) is 16.2. The monoisotopic (exact) mass is 416 g/mol. The number of halogens is 1. The molecule has 1 N–H and O–H groups in total. The molecule has 0 saturated carbocycles. The first kappa shape index (κ1) is 20.0. The van der Waals surface area contributed by atoms with Gasteiger partial charge >= 0.3 is 0 Å². The SMILES string of the molecule is O=C(NCC1CCC2(CCN(C(=O)Cc3cccs3)CC2)O1)c1ccccc1F. The summed E-state index contributed by atoms with van der Waals surface area (Å²) in [5, 5.41) is 4.78. The number of benzene rings is 1. The summed E-state index contributed by atoms with van der Waals surface area (Å²) in [6.07, 6.45) is 3.83. The molecule has 4 rings (SSSR count). The molecule has 1 spiro atoms. The highest BCUT2D eigenvalue weighted by molar-refractivity contribution is 7.10. The fourth-order valence-electron chi connectivity index (χ4n) is 4.19. The van der Waals surface area contributed by atoms with Crippen LogP contribution in [0, 0.1) is 5.82 Å². The number of rotatable bonds is 5. The van der Waals surface area contributed by atoms with Crippen molar-refractivity contribution in [2.24, 2.45) is 0 Å². The second kappa shape index (κ2) is 8.63. The molecule has 0 bridgehead atoms. The molecule has 0 radical (unpaired) electrons. The van der Waals surface area contributed by atoms with Crippen molar-refractivity contribution >= 4 is 23.2 Å². The lowest BCUT2D eigenvalue weighted by atomic mass is 9.88. The van der Waals surface area contributed by atoms with Crippen molar-refractivity contribution in [1.29, 1.82) is 0 Å². The van der Waals surface area contributed by atoms with Gasteiger partial charge in [-0.2, -0.15) is 0 Å². The molecule has 5 nitrogen and oxygen atoms in total. The number of amides is 2. The Morgan fingerprint density at radius 3 is 2.69 bits per heavy atom. The van der Waals surface area contributed by atoms with Crippen molar-refractivity contribution in [3.8, 4) is 0 Å². The molecule has 3 heterocycles. The van der Waals surface area contributed by atoms with Crippen LogP contribution in [0.15, 0.2) is 41.8 Å². The Kier molecular flexibility index (Phi) is 5.96. The van der Waals surface area contributed by atoms with Gasteiger partial charge in [0.05, 0.1) is 23.7 Å². The summed E-state index contributed by atoms with van der Waals surface area (Å²) in [5.41, 5.74) is -0.148. The van der Waals surface area contributed by atoms with E-state index in [-0.39, 0.29) is 23.2 Å². The quantitative estimate of drug-likeness (QED) is 0.813. The molecular weight excluding hydrogens is 391 g/mol. The summed E-state index contributed by atoms with van der Waals surface area (Å²) in [4.78, 5) is 27.7. The number of hydrogen-bond acceptors (Lipinski definition) is 4. The number of carbonyl (C=O) groups is 2. The number of likely N-dealkylation sites (tertiary alicyclic amines) is 1. The molecule has 0 aliphatic carbocycles. The van der Waals surface area contributed by atoms with Gasteiger partial charge in [-0.05, 0) is 49.3 Å². The summed E-state index contributed by atoms with van der Waals surface area (Å²) in [7, 11) is 0. The number of piperidine rings is 1. The Bertz CT molecular complexity index is 863. The average Bonchev–Trinajstić information content (AvgIpc) is 3.37. The van der Waals surface area contributed by atoms with Crippen LogP contribution in [0.5, 0.6) is 0 Å². The van der Waals surface area contributed by atoms with Crippen molar-refractivity contribution in [2.75, 3.05) is 19.6 Å². The fourth-order valence-corrected chi connectivity index (χ4v) is 4.89. The number of nitrogens with one attached hydrogen (secondary N) is 1. The molecule has 29 heavy (non-hydrogen) atoms. The maximum atomic E-state index is 13.7. The zero-order chi connectivity index (χ0) is 20.3. The Morgan fingerprint density at radius 2 is 1.97 bits per heavy atom. The number of nitrogens with zero attached hydrogens (tertiary/aromatic N) is 1. The van der Waals surface area contributed by atoms with Crippen LogP contribution in [0.4, 0.5) is 4.39 Å². The van der Waals surface area contributed by atoms with E-state index in [4.69, 9.17) is 4.74 Å². The first-order valence-electron chi connectivity index (χ1n) is 10.1. The van der Waals surface area contributed by atoms with Gasteiger partial charge in [0.2, 0.25) is 5.91 Å². The fraction of sp³-hybridized carbons (Fsp3) is 0.455. The van der Waals surface area contributed by atoms with Gasteiger partial charge in [0, 0.05) is 24.5 Å². The van der Waals surface area contributed by atoms with Gasteiger partial charge in [0.1, 0.15) is 5.82 Å². The average molecular weight is 417 g/mol. The molecule has 1 atom stereocenters. The predicted molar refractivity (Wildman–Crippen MR) is 109 cm³/mol. The molecule has 2 aliphatic heterocycles. The summed E-state index contributed by atoms with van der Waals surface area (Å²) in [6.45, 7) is 1.78. The highest BCUT2D eigenvalue weighted by atomic mass is 32.1. The first-order chi connectivity index (χ1) is 14.0. The first-order valence-corrected chi connectivity index (χ1v) is 10.9. The molecule has 2 saturated heterocycles. The Hall–Kier alpha value is -2.25. The third-order valence-corrected chi connectivity index (χ3v) is 6.76. The summed E-state index contributed by atoms with van der Waals surface area (Å²) in [5.74, 6) is -0.760. The number of hydrogen-bond donors (Lipinski definition) is 1. The summed E-state index contributed by atoms with van der Waals surface area (Å²) in [6, 6.07) is 9.93. The van der Waals surface area contributed by atoms with E-state index in [1.165, 1.54) is 12.1 Å². The van der Waals surface area contributed by atoms with Crippen LogP contribution in [0.1, 0.15) is 40.9 Å². The molecule has 2 aliphatic rings. The van der Waals surface area contributed by atoms with E-state index in [2.05, 4.69) is 5.32 Å². The number of ether oxygens (including phenoxy) is 1. The van der Waals surface area contributed by atoms with Crippen LogP contribution in [-0.4, -0.2) is 48.1 Å². The molecule has 1 aromatic heterocycles. The molecule has 2 amide bonds. The minimum atomic E-state index is -0.520. The third kappa shape index (κ3) is 4.67. The van der Waals surface area contributed by atoms with Gasteiger partial charge in [-0.3, -0.25) is 9.59 Å². The van der Waals surface area contributed by atoms with Crippen molar-refractivity contribution in [2.45, 2.75) is 43.8 Å². The highest BCUT2D eigenvalue weighted by Gasteiger charge is 2.43. The van der Waals surface area contributed by atoms with Crippen molar-refractivity contribution in [1.82, 2.24) is 10.2 Å². The zero-order valence-corrected chi connectivity index (χ0v) is 17.1. The molecule has 2 aromatic rings. The molecule has 1 unspecified atom stereocenters. The second-order valence-corrected chi connectivity index (χ2v) is 8.82. The van der Waals surface area contributed by atoms with E-state index in [0.29, 0.717) is 26.1 Å². The van der Waals surface area contributed by atoms with Crippen LogP contribution in [-0.2, 0) is 16.0 Å². The van der Waals surface area contributed by atoms with Crippen molar-refractivity contribution in [3.05, 3.63) is 58.0 Å². The Morgan fingerprint density at radius 1 is 1.17 bits per heavy atom. The molecule has 2 fully saturated rings. The predicted octanol–water partition coefficient (Wildman–Crippen LogP) is 3.40. The largest absolute Gasteiger partial charge is 0.370 e. The van der Waals surface area contributed by atoms with Crippen LogP contribution in [0.3, 0.4) is 0 Å². The van der Waals surface area contributed by atoms with Gasteiger partial charge in [0.15, 0.2) is 0 Å². The molecule has 7 heteroatoms. The Labute approximate surface area is 173 Å². The van der Waals surface area contributed by atoms with Gasteiger partial charge in [-0.15, -0.1) is 11.3 Å². The lowest BCUT2D eigenvalue weighted by Gasteiger charge is -2.39. The van der Waals surface area contributed by atoms with Crippen LogP contribution >= 0.6 is 11.3 Å². The van der Waals surface area contributed by atoms with Crippen LogP contribution in [0.2, 0.25) is 0 Å². The normalized spacial score (nSPS) is 20.7. The summed E-state index contributed by atoms with van der Waals surface area (Å²) >= 11 is 1.61. The van der Waals surface area contributed by atoms with Gasteiger partial charge < -0.3 is 15.0 Å². The van der Waals surface area contributed by atoms with Crippen LogP contribution in [0.25, 0.3) is 0 Å². The minimum absolute atomic E-state index is 0.0535. The van der Waals surface area contributed by atoms with Gasteiger partial charge in [-0.25, -0.2) is 4.39 Å². The lowest BCUT2D eigenvalue weighted by molar-refractivity contribution is -0.136. The van der Waals surface area contributed by atoms with E-state index in [1.807, 2.05) is 22.4 Å². The van der Waals surface area contributed by atoms with E-state index >= 15 is 0 Å². The maximum absolute atomic E-state index is 13.7. The second-order valence-electron chi connectivity index (χ2n) is 7.79. The molecule has 1 aromatic carbocycles. The van der Waals surface area contributed by atoms with Crippen molar-refractivity contribution < 1.29 is 18.7 Å².